The van der Waals surface area contributed by atoms with Gasteiger partial charge in [-0.25, -0.2) is 4.79 Å². The molecule has 0 aliphatic carbocycles. The number of allylic oxidation sites excluding steroid dienone is 2. The van der Waals surface area contributed by atoms with Crippen LogP contribution in [0, 0.1) is 0 Å². The Bertz CT molecular complexity index is 459. The van der Waals surface area contributed by atoms with E-state index >= 15 is 0 Å². The second kappa shape index (κ2) is 7.45. The zero-order chi connectivity index (χ0) is 13.4. The molecule has 1 N–H and O–H groups in total. The van der Waals surface area contributed by atoms with Crippen molar-refractivity contribution in [3.8, 4) is 0 Å². The van der Waals surface area contributed by atoms with E-state index in [1.165, 1.54) is 6.08 Å². The summed E-state index contributed by atoms with van der Waals surface area (Å²) in [5.74, 6) is -0.338. The standard InChI is InChI=1S/C15H18O3/c1-3-18-15(17)10-12(2)8-9-13-6-4-5-7-14(13)11-16/h4-10,16H,3,11H2,1-2H3/b9-8+,12-10+. The summed E-state index contributed by atoms with van der Waals surface area (Å²) in [6.07, 6.45) is 5.14. The van der Waals surface area contributed by atoms with Gasteiger partial charge in [0.25, 0.3) is 0 Å². The van der Waals surface area contributed by atoms with Crippen LogP contribution in [0.25, 0.3) is 6.08 Å². The van der Waals surface area contributed by atoms with Crippen molar-refractivity contribution in [2.45, 2.75) is 20.5 Å². The fourth-order valence-corrected chi connectivity index (χ4v) is 1.48. The minimum absolute atomic E-state index is 0.00114. The second-order valence-electron chi connectivity index (χ2n) is 3.83. The summed E-state index contributed by atoms with van der Waals surface area (Å²) in [6, 6.07) is 7.57. The van der Waals surface area contributed by atoms with Crippen LogP contribution in [0.3, 0.4) is 0 Å². The quantitative estimate of drug-likeness (QED) is 0.493. The van der Waals surface area contributed by atoms with Crippen molar-refractivity contribution in [3.63, 3.8) is 0 Å². The van der Waals surface area contributed by atoms with Gasteiger partial charge in [0.2, 0.25) is 0 Å². The normalized spacial score (nSPS) is 11.8. The van der Waals surface area contributed by atoms with Crippen LogP contribution in [0.2, 0.25) is 0 Å². The summed E-state index contributed by atoms with van der Waals surface area (Å²) in [4.78, 5) is 11.2. The lowest BCUT2D eigenvalue weighted by molar-refractivity contribution is -0.137. The molecule has 0 aliphatic heterocycles. The molecule has 0 aliphatic rings. The molecule has 0 radical (unpaired) electrons. The predicted octanol–water partition coefficient (Wildman–Crippen LogP) is 2.70. The van der Waals surface area contributed by atoms with Crippen LogP contribution in [-0.4, -0.2) is 17.7 Å². The minimum atomic E-state index is -0.338. The fourth-order valence-electron chi connectivity index (χ4n) is 1.48. The molecule has 0 atom stereocenters. The third-order valence-corrected chi connectivity index (χ3v) is 2.38. The molecule has 0 saturated carbocycles. The highest BCUT2D eigenvalue weighted by Crippen LogP contribution is 2.12. The van der Waals surface area contributed by atoms with Crippen molar-refractivity contribution in [1.82, 2.24) is 0 Å². The predicted molar refractivity (Wildman–Crippen MR) is 71.8 cm³/mol. The number of benzene rings is 1. The first-order valence-electron chi connectivity index (χ1n) is 5.89. The van der Waals surface area contributed by atoms with Crippen molar-refractivity contribution in [2.24, 2.45) is 0 Å². The lowest BCUT2D eigenvalue weighted by Crippen LogP contribution is -1.99. The molecule has 18 heavy (non-hydrogen) atoms. The van der Waals surface area contributed by atoms with Crippen LogP contribution in [0.15, 0.2) is 42.0 Å². The van der Waals surface area contributed by atoms with Gasteiger partial charge in [-0.3, -0.25) is 0 Å². The zero-order valence-corrected chi connectivity index (χ0v) is 10.7. The summed E-state index contributed by atoms with van der Waals surface area (Å²) in [5, 5.41) is 9.18. The number of carbonyl (C=O) groups is 1. The summed E-state index contributed by atoms with van der Waals surface area (Å²) in [6.45, 7) is 3.98. The van der Waals surface area contributed by atoms with Crippen LogP contribution in [0.5, 0.6) is 0 Å². The minimum Gasteiger partial charge on any atom is -0.463 e. The average molecular weight is 246 g/mol. The molecule has 1 rings (SSSR count). The van der Waals surface area contributed by atoms with Crippen LogP contribution < -0.4 is 0 Å². The van der Waals surface area contributed by atoms with E-state index < -0.39 is 0 Å². The molecule has 0 spiro atoms. The number of carbonyl (C=O) groups excluding carboxylic acids is 1. The number of hydrogen-bond donors (Lipinski definition) is 1. The van der Waals surface area contributed by atoms with Crippen molar-refractivity contribution >= 4 is 12.0 Å². The average Bonchev–Trinajstić information content (AvgIpc) is 2.37. The van der Waals surface area contributed by atoms with Crippen LogP contribution in [0.4, 0.5) is 0 Å². The van der Waals surface area contributed by atoms with E-state index in [-0.39, 0.29) is 12.6 Å². The monoisotopic (exact) mass is 246 g/mol. The Morgan fingerprint density at radius 2 is 2.11 bits per heavy atom. The highest BCUT2D eigenvalue weighted by atomic mass is 16.5. The molecule has 0 fully saturated rings. The molecule has 0 unspecified atom stereocenters. The van der Waals surface area contributed by atoms with Crippen molar-refractivity contribution in [1.29, 1.82) is 0 Å². The molecule has 3 heteroatoms. The molecule has 96 valence electrons. The largest absolute Gasteiger partial charge is 0.463 e. The number of rotatable bonds is 5. The second-order valence-corrected chi connectivity index (χ2v) is 3.83. The van der Waals surface area contributed by atoms with Gasteiger partial charge in [-0.15, -0.1) is 0 Å². The molecule has 0 aromatic heterocycles. The van der Waals surface area contributed by atoms with Crippen LogP contribution >= 0.6 is 0 Å². The van der Waals surface area contributed by atoms with Gasteiger partial charge in [-0.05, 0) is 30.5 Å². The maximum Gasteiger partial charge on any atom is 0.330 e. The maximum atomic E-state index is 11.2. The Balaban J connectivity index is 2.77. The number of esters is 1. The highest BCUT2D eigenvalue weighted by molar-refractivity contribution is 5.83. The van der Waals surface area contributed by atoms with E-state index in [9.17, 15) is 9.90 Å². The lowest BCUT2D eigenvalue weighted by Gasteiger charge is -2.01. The maximum absolute atomic E-state index is 11.2. The molecule has 0 saturated heterocycles. The van der Waals surface area contributed by atoms with E-state index in [0.29, 0.717) is 6.61 Å². The Labute approximate surface area is 107 Å². The van der Waals surface area contributed by atoms with Gasteiger partial charge in [-0.1, -0.05) is 36.4 Å². The summed E-state index contributed by atoms with van der Waals surface area (Å²) >= 11 is 0. The van der Waals surface area contributed by atoms with E-state index in [0.717, 1.165) is 16.7 Å². The third kappa shape index (κ3) is 4.55. The SMILES string of the molecule is CCOC(=O)/C=C(C)/C=C/c1ccccc1CO. The molecule has 0 bridgehead atoms. The smallest absolute Gasteiger partial charge is 0.330 e. The van der Waals surface area contributed by atoms with Gasteiger partial charge in [0, 0.05) is 6.08 Å². The Morgan fingerprint density at radius 1 is 1.39 bits per heavy atom. The molecule has 3 nitrogen and oxygen atoms in total. The molecule has 0 heterocycles. The summed E-state index contributed by atoms with van der Waals surface area (Å²) in [7, 11) is 0. The van der Waals surface area contributed by atoms with Crippen molar-refractivity contribution in [2.75, 3.05) is 6.61 Å². The Hall–Kier alpha value is -1.87. The van der Waals surface area contributed by atoms with Gasteiger partial charge in [0.05, 0.1) is 13.2 Å². The van der Waals surface area contributed by atoms with Gasteiger partial charge >= 0.3 is 5.97 Å². The summed E-state index contributed by atoms with van der Waals surface area (Å²) < 4.78 is 4.82. The molecule has 1 aromatic carbocycles. The van der Waals surface area contributed by atoms with Crippen molar-refractivity contribution < 1.29 is 14.6 Å². The first kappa shape index (κ1) is 14.2. The number of hydrogen-bond acceptors (Lipinski definition) is 3. The van der Waals surface area contributed by atoms with Gasteiger partial charge in [0.1, 0.15) is 0 Å². The van der Waals surface area contributed by atoms with Gasteiger partial charge < -0.3 is 9.84 Å². The first-order valence-corrected chi connectivity index (χ1v) is 5.89. The Morgan fingerprint density at radius 3 is 2.78 bits per heavy atom. The van der Waals surface area contributed by atoms with E-state index in [1.807, 2.05) is 43.3 Å². The highest BCUT2D eigenvalue weighted by Gasteiger charge is 1.97. The van der Waals surface area contributed by atoms with Gasteiger partial charge in [0.15, 0.2) is 0 Å². The zero-order valence-electron chi connectivity index (χ0n) is 10.7. The lowest BCUT2D eigenvalue weighted by atomic mass is 10.1. The molecule has 1 aromatic rings. The van der Waals surface area contributed by atoms with Crippen LogP contribution in [-0.2, 0) is 16.1 Å². The van der Waals surface area contributed by atoms with E-state index in [4.69, 9.17) is 4.74 Å². The van der Waals surface area contributed by atoms with Gasteiger partial charge in [-0.2, -0.15) is 0 Å². The molecule has 0 amide bonds. The third-order valence-electron chi connectivity index (χ3n) is 2.38. The van der Waals surface area contributed by atoms with E-state index in [1.54, 1.807) is 6.92 Å². The molecular weight excluding hydrogens is 228 g/mol. The van der Waals surface area contributed by atoms with Crippen LogP contribution in [0.1, 0.15) is 25.0 Å². The van der Waals surface area contributed by atoms with Crippen molar-refractivity contribution in [3.05, 3.63) is 53.1 Å². The number of aliphatic hydroxyl groups excluding tert-OH is 1. The summed E-state index contributed by atoms with van der Waals surface area (Å²) in [5.41, 5.74) is 2.61. The van der Waals surface area contributed by atoms with E-state index in [2.05, 4.69) is 0 Å². The number of aliphatic hydroxyl groups is 1. The topological polar surface area (TPSA) is 46.5 Å². The molecular formula is C15H18O3. The Kier molecular flexibility index (Phi) is 5.88. The number of ether oxygens (including phenoxy) is 1. The first-order chi connectivity index (χ1) is 8.67. The fraction of sp³-hybridized carbons (Fsp3) is 0.267.